The molecule has 0 saturated carbocycles. The van der Waals surface area contributed by atoms with Crippen LogP contribution in [0.15, 0.2) is 63.9 Å². The first kappa shape index (κ1) is 19.4. The summed E-state index contributed by atoms with van der Waals surface area (Å²) in [7, 11) is 1.55. The van der Waals surface area contributed by atoms with Crippen LogP contribution in [-0.2, 0) is 11.4 Å². The van der Waals surface area contributed by atoms with Gasteiger partial charge in [-0.1, -0.05) is 11.6 Å². The van der Waals surface area contributed by atoms with Crippen molar-refractivity contribution in [2.75, 3.05) is 18.2 Å². The number of methoxy groups -OCH3 is 1. The molecule has 1 aromatic heterocycles. The van der Waals surface area contributed by atoms with Crippen LogP contribution >= 0.6 is 23.4 Å². The number of aliphatic hydroxyl groups excluding tert-OH is 1. The zero-order valence-electron chi connectivity index (χ0n) is 14.6. The Morgan fingerprint density at radius 1 is 1.19 bits per heavy atom. The molecule has 2 N–H and O–H groups in total. The van der Waals surface area contributed by atoms with Gasteiger partial charge >= 0.3 is 0 Å². The molecule has 0 unspecified atom stereocenters. The highest BCUT2D eigenvalue weighted by atomic mass is 35.5. The average molecular weight is 404 g/mol. The van der Waals surface area contributed by atoms with Crippen LogP contribution in [0.5, 0.6) is 5.75 Å². The van der Waals surface area contributed by atoms with Crippen molar-refractivity contribution in [1.82, 2.24) is 0 Å². The van der Waals surface area contributed by atoms with Crippen molar-refractivity contribution in [3.05, 3.63) is 65.4 Å². The predicted molar refractivity (Wildman–Crippen MR) is 107 cm³/mol. The molecule has 3 rings (SSSR count). The van der Waals surface area contributed by atoms with E-state index in [9.17, 15) is 4.79 Å². The fourth-order valence-electron chi connectivity index (χ4n) is 2.46. The first-order valence-electron chi connectivity index (χ1n) is 8.15. The molecule has 0 spiro atoms. The van der Waals surface area contributed by atoms with Gasteiger partial charge in [-0.2, -0.15) is 0 Å². The molecule has 3 aromatic rings. The van der Waals surface area contributed by atoms with E-state index in [-0.39, 0.29) is 18.3 Å². The van der Waals surface area contributed by atoms with Gasteiger partial charge in [-0.3, -0.25) is 4.79 Å². The lowest BCUT2D eigenvalue weighted by atomic mass is 10.1. The van der Waals surface area contributed by atoms with Crippen molar-refractivity contribution in [2.24, 2.45) is 0 Å². The number of hydrogen-bond donors (Lipinski definition) is 2. The molecular weight excluding hydrogens is 386 g/mol. The molecule has 0 fully saturated rings. The quantitative estimate of drug-likeness (QED) is 0.553. The summed E-state index contributed by atoms with van der Waals surface area (Å²) >= 11 is 7.29. The summed E-state index contributed by atoms with van der Waals surface area (Å²) < 4.78 is 11.0. The Labute approximate surface area is 166 Å². The Balaban J connectivity index is 1.66. The molecule has 0 aliphatic rings. The largest absolute Gasteiger partial charge is 0.496 e. The standard InChI is InChI=1S/C20H18ClNO4S/c1-25-19-10-14(4-8-17(19)18-9-5-15(11-23)26-18)22-20(24)12-27-16-6-2-13(21)3-7-16/h2-10,23H,11-12H2,1H3,(H,22,24). The molecule has 0 saturated heterocycles. The number of aliphatic hydroxyl groups is 1. The summed E-state index contributed by atoms with van der Waals surface area (Å²) in [4.78, 5) is 13.2. The molecule has 0 radical (unpaired) electrons. The van der Waals surface area contributed by atoms with E-state index in [4.69, 9.17) is 25.9 Å². The number of halogens is 1. The van der Waals surface area contributed by atoms with Crippen LogP contribution in [0.3, 0.4) is 0 Å². The number of benzene rings is 2. The normalized spacial score (nSPS) is 10.6. The van der Waals surface area contributed by atoms with E-state index in [0.717, 1.165) is 10.5 Å². The van der Waals surface area contributed by atoms with Crippen molar-refractivity contribution in [2.45, 2.75) is 11.5 Å². The van der Waals surface area contributed by atoms with Crippen molar-refractivity contribution in [1.29, 1.82) is 0 Å². The second-order valence-corrected chi connectivity index (χ2v) is 7.12. The van der Waals surface area contributed by atoms with Crippen LogP contribution in [0.2, 0.25) is 5.02 Å². The number of thioether (sulfide) groups is 1. The van der Waals surface area contributed by atoms with Crippen molar-refractivity contribution in [3.63, 3.8) is 0 Å². The Hall–Kier alpha value is -2.41. The van der Waals surface area contributed by atoms with Gasteiger partial charge in [0.15, 0.2) is 0 Å². The number of carbonyl (C=O) groups excluding carboxylic acids is 1. The van der Waals surface area contributed by atoms with Gasteiger partial charge in [-0.05, 0) is 48.5 Å². The highest BCUT2D eigenvalue weighted by Crippen LogP contribution is 2.33. The van der Waals surface area contributed by atoms with E-state index in [1.165, 1.54) is 11.8 Å². The lowest BCUT2D eigenvalue weighted by Crippen LogP contribution is -2.14. The van der Waals surface area contributed by atoms with E-state index in [0.29, 0.717) is 28.0 Å². The average Bonchev–Trinajstić information content (AvgIpc) is 3.16. The number of amides is 1. The zero-order valence-corrected chi connectivity index (χ0v) is 16.1. The summed E-state index contributed by atoms with van der Waals surface area (Å²) in [5.74, 6) is 1.79. The fraction of sp³-hybridized carbons (Fsp3) is 0.150. The second kappa shape index (κ2) is 8.99. The number of ether oxygens (including phenoxy) is 1. The molecule has 0 bridgehead atoms. The molecule has 1 heterocycles. The predicted octanol–water partition coefficient (Wildman–Crippen LogP) is 4.83. The van der Waals surface area contributed by atoms with Gasteiger partial charge in [-0.25, -0.2) is 0 Å². The highest BCUT2D eigenvalue weighted by Gasteiger charge is 2.12. The molecule has 27 heavy (non-hydrogen) atoms. The Bertz CT molecular complexity index is 924. The topological polar surface area (TPSA) is 71.7 Å². The van der Waals surface area contributed by atoms with E-state index >= 15 is 0 Å². The van der Waals surface area contributed by atoms with Crippen molar-refractivity contribution >= 4 is 35.0 Å². The molecule has 1 amide bonds. The molecule has 7 heteroatoms. The lowest BCUT2D eigenvalue weighted by molar-refractivity contribution is -0.113. The zero-order chi connectivity index (χ0) is 19.2. The number of hydrogen-bond acceptors (Lipinski definition) is 5. The molecule has 0 aliphatic heterocycles. The minimum atomic E-state index is -0.165. The maximum absolute atomic E-state index is 12.2. The minimum Gasteiger partial charge on any atom is -0.496 e. The van der Waals surface area contributed by atoms with Crippen molar-refractivity contribution < 1.29 is 19.1 Å². The number of furan rings is 1. The van der Waals surface area contributed by atoms with Crippen LogP contribution in [0.25, 0.3) is 11.3 Å². The third-order valence-electron chi connectivity index (χ3n) is 3.75. The lowest BCUT2D eigenvalue weighted by Gasteiger charge is -2.10. The monoisotopic (exact) mass is 403 g/mol. The molecule has 0 aliphatic carbocycles. The van der Waals surface area contributed by atoms with E-state index in [1.54, 1.807) is 49.6 Å². The number of anilines is 1. The van der Waals surface area contributed by atoms with Gasteiger partial charge in [-0.15, -0.1) is 11.8 Å². The Morgan fingerprint density at radius 3 is 2.63 bits per heavy atom. The van der Waals surface area contributed by atoms with Gasteiger partial charge in [0.05, 0.1) is 18.4 Å². The summed E-state index contributed by atoms with van der Waals surface area (Å²) in [6.45, 7) is -0.165. The molecule has 0 atom stereocenters. The SMILES string of the molecule is COc1cc(NC(=O)CSc2ccc(Cl)cc2)ccc1-c1ccc(CO)o1. The fourth-order valence-corrected chi connectivity index (χ4v) is 3.28. The first-order valence-corrected chi connectivity index (χ1v) is 9.51. The smallest absolute Gasteiger partial charge is 0.234 e. The van der Waals surface area contributed by atoms with Crippen LogP contribution < -0.4 is 10.1 Å². The third kappa shape index (κ3) is 5.07. The Kier molecular flexibility index (Phi) is 6.45. The van der Waals surface area contributed by atoms with Gasteiger partial charge in [0.1, 0.15) is 23.9 Å². The van der Waals surface area contributed by atoms with Crippen LogP contribution in [-0.4, -0.2) is 23.9 Å². The van der Waals surface area contributed by atoms with Crippen LogP contribution in [0, 0.1) is 0 Å². The second-order valence-electron chi connectivity index (χ2n) is 5.63. The summed E-state index contributed by atoms with van der Waals surface area (Å²) in [5.41, 5.74) is 1.37. The van der Waals surface area contributed by atoms with Gasteiger partial charge < -0.3 is 19.6 Å². The van der Waals surface area contributed by atoms with Crippen LogP contribution in [0.4, 0.5) is 5.69 Å². The van der Waals surface area contributed by atoms with E-state index in [2.05, 4.69) is 5.32 Å². The highest BCUT2D eigenvalue weighted by molar-refractivity contribution is 8.00. The third-order valence-corrected chi connectivity index (χ3v) is 5.02. The van der Waals surface area contributed by atoms with Crippen molar-refractivity contribution in [3.8, 4) is 17.1 Å². The molecule has 2 aromatic carbocycles. The molecule has 140 valence electrons. The van der Waals surface area contributed by atoms with Crippen LogP contribution in [0.1, 0.15) is 5.76 Å². The van der Waals surface area contributed by atoms with Gasteiger partial charge in [0.2, 0.25) is 5.91 Å². The molecular formula is C20H18ClNO4S. The summed E-state index contributed by atoms with van der Waals surface area (Å²) in [5, 5.41) is 12.7. The van der Waals surface area contributed by atoms with E-state index in [1.807, 2.05) is 12.1 Å². The maximum atomic E-state index is 12.2. The number of rotatable bonds is 7. The summed E-state index contributed by atoms with van der Waals surface area (Å²) in [6.07, 6.45) is 0. The van der Waals surface area contributed by atoms with E-state index < -0.39 is 0 Å². The number of carbonyl (C=O) groups is 1. The minimum absolute atomic E-state index is 0.120. The number of nitrogens with one attached hydrogen (secondary N) is 1. The summed E-state index contributed by atoms with van der Waals surface area (Å²) in [6, 6.07) is 16.1. The Morgan fingerprint density at radius 2 is 1.96 bits per heavy atom. The van der Waals surface area contributed by atoms with Gasteiger partial charge in [0, 0.05) is 21.7 Å². The maximum Gasteiger partial charge on any atom is 0.234 e. The first-order chi connectivity index (χ1) is 13.1. The molecule has 5 nitrogen and oxygen atoms in total. The van der Waals surface area contributed by atoms with Gasteiger partial charge in [0.25, 0.3) is 0 Å².